The molecule has 1 aromatic carbocycles. The highest BCUT2D eigenvalue weighted by Gasteiger charge is 2.48. The number of ether oxygens (including phenoxy) is 1. The Balaban J connectivity index is 2.54. The van der Waals surface area contributed by atoms with Crippen molar-refractivity contribution >= 4 is 25.3 Å². The lowest BCUT2D eigenvalue weighted by molar-refractivity contribution is -0.187. The van der Waals surface area contributed by atoms with Gasteiger partial charge in [0.05, 0.1) is 13.6 Å². The number of benzene rings is 1. The van der Waals surface area contributed by atoms with Crippen LogP contribution in [0.4, 0.5) is 13.2 Å². The molecule has 21 heavy (non-hydrogen) atoms. The zero-order valence-electron chi connectivity index (χ0n) is 11.8. The van der Waals surface area contributed by atoms with Crippen LogP contribution in [0.25, 0.3) is 6.08 Å². The summed E-state index contributed by atoms with van der Waals surface area (Å²) in [6.45, 7) is 6.29. The van der Waals surface area contributed by atoms with Crippen LogP contribution in [0.1, 0.15) is 5.56 Å². The Morgan fingerprint density at radius 2 is 1.90 bits per heavy atom. The third kappa shape index (κ3) is 3.12. The van der Waals surface area contributed by atoms with Crippen LogP contribution in [0.5, 0.6) is 5.75 Å². The minimum atomic E-state index is -4.76. The number of carboxylic acid groups (broad SMARTS) is 1. The molecule has 114 valence electrons. The fourth-order valence-corrected chi connectivity index (χ4v) is 3.26. The first-order chi connectivity index (χ1) is 9.50. The number of carboxylic acids is 1. The Hall–Kier alpha value is -1.76. The molecule has 1 aliphatic rings. The second-order valence-corrected chi connectivity index (χ2v) is 11.0. The van der Waals surface area contributed by atoms with Gasteiger partial charge in [-0.25, -0.2) is 4.79 Å². The molecule has 0 fully saturated rings. The largest absolute Gasteiger partial charge is 0.478 e. The zero-order chi connectivity index (χ0) is 16.0. The molecule has 0 bridgehead atoms. The van der Waals surface area contributed by atoms with Gasteiger partial charge in [-0.3, -0.25) is 0 Å². The summed E-state index contributed by atoms with van der Waals surface area (Å²) in [6.07, 6.45) is -6.14. The highest BCUT2D eigenvalue weighted by molar-refractivity contribution is 6.88. The number of halogens is 3. The van der Waals surface area contributed by atoms with E-state index in [4.69, 9.17) is 9.84 Å². The first-order valence-electron chi connectivity index (χ1n) is 6.33. The lowest BCUT2D eigenvalue weighted by Crippen LogP contribution is -2.41. The fraction of sp³-hybridized carbons (Fsp3) is 0.357. The Morgan fingerprint density at radius 3 is 2.38 bits per heavy atom. The zero-order valence-corrected chi connectivity index (χ0v) is 12.8. The molecule has 1 aromatic rings. The van der Waals surface area contributed by atoms with Crippen LogP contribution < -0.4 is 9.92 Å². The Labute approximate surface area is 121 Å². The van der Waals surface area contributed by atoms with Crippen LogP contribution in [0, 0.1) is 0 Å². The van der Waals surface area contributed by atoms with Gasteiger partial charge >= 0.3 is 12.1 Å². The van der Waals surface area contributed by atoms with E-state index in [1.54, 1.807) is 12.1 Å². The van der Waals surface area contributed by atoms with Crippen molar-refractivity contribution in [2.24, 2.45) is 0 Å². The average molecular weight is 316 g/mol. The third-order valence-corrected chi connectivity index (χ3v) is 5.30. The number of alkyl halides is 3. The molecule has 0 saturated heterocycles. The van der Waals surface area contributed by atoms with Crippen molar-refractivity contribution in [3.63, 3.8) is 0 Å². The Bertz CT molecular complexity index is 615. The van der Waals surface area contributed by atoms with Gasteiger partial charge in [-0.1, -0.05) is 37.0 Å². The smallest absolute Gasteiger partial charge is 0.430 e. The van der Waals surface area contributed by atoms with Gasteiger partial charge in [0.25, 0.3) is 0 Å². The summed E-state index contributed by atoms with van der Waals surface area (Å²) in [5.74, 6) is -1.56. The van der Waals surface area contributed by atoms with Crippen LogP contribution in [0.2, 0.25) is 19.6 Å². The van der Waals surface area contributed by atoms with Crippen LogP contribution in [0.15, 0.2) is 23.8 Å². The van der Waals surface area contributed by atoms with Crippen molar-refractivity contribution in [2.45, 2.75) is 31.9 Å². The second kappa shape index (κ2) is 4.90. The predicted molar refractivity (Wildman–Crippen MR) is 75.5 cm³/mol. The topological polar surface area (TPSA) is 46.5 Å². The molecule has 7 heteroatoms. The molecule has 0 radical (unpaired) electrons. The minimum Gasteiger partial charge on any atom is -0.478 e. The van der Waals surface area contributed by atoms with E-state index in [1.807, 2.05) is 0 Å². The van der Waals surface area contributed by atoms with E-state index in [1.165, 1.54) is 6.07 Å². The monoisotopic (exact) mass is 316 g/mol. The molecule has 1 atom stereocenters. The number of fused-ring (bicyclic) bond motifs is 1. The van der Waals surface area contributed by atoms with Crippen molar-refractivity contribution in [2.75, 3.05) is 0 Å². The molecule has 0 spiro atoms. The van der Waals surface area contributed by atoms with E-state index in [2.05, 4.69) is 19.6 Å². The lowest BCUT2D eigenvalue weighted by Gasteiger charge is -2.28. The summed E-state index contributed by atoms with van der Waals surface area (Å²) >= 11 is 0. The van der Waals surface area contributed by atoms with Gasteiger partial charge in [-0.2, -0.15) is 13.2 Å². The molecular formula is C14H15F3O3Si. The Kier molecular flexibility index (Phi) is 3.65. The van der Waals surface area contributed by atoms with E-state index in [0.717, 1.165) is 11.3 Å². The van der Waals surface area contributed by atoms with Gasteiger partial charge in [0, 0.05) is 5.56 Å². The van der Waals surface area contributed by atoms with Crippen molar-refractivity contribution in [1.82, 2.24) is 0 Å². The average Bonchev–Trinajstić information content (AvgIpc) is 2.34. The van der Waals surface area contributed by atoms with E-state index in [9.17, 15) is 18.0 Å². The molecule has 3 nitrogen and oxygen atoms in total. The van der Waals surface area contributed by atoms with Crippen molar-refractivity contribution in [3.05, 3.63) is 29.3 Å². The second-order valence-electron chi connectivity index (χ2n) is 5.95. The predicted octanol–water partition coefficient (Wildman–Crippen LogP) is 3.02. The molecule has 2 rings (SSSR count). The number of hydrogen-bond acceptors (Lipinski definition) is 2. The first kappa shape index (κ1) is 15.6. The molecule has 0 aromatic heterocycles. The quantitative estimate of drug-likeness (QED) is 0.853. The maximum atomic E-state index is 12.9. The van der Waals surface area contributed by atoms with Crippen LogP contribution in [0.3, 0.4) is 0 Å². The van der Waals surface area contributed by atoms with Gasteiger partial charge in [-0.05, 0) is 12.1 Å². The summed E-state index contributed by atoms with van der Waals surface area (Å²) in [5, 5.41) is 10.0. The maximum Gasteiger partial charge on any atom is 0.430 e. The number of carbonyl (C=O) groups is 1. The summed E-state index contributed by atoms with van der Waals surface area (Å²) in [6, 6.07) is 4.95. The standard InChI is InChI=1S/C14H15F3O3Si/c1-21(2,3)9-4-5-11-8(6-9)7-10(13(18)19)12(20-11)14(15,16)17/h4-7,12H,1-3H3,(H,18,19). The molecule has 1 aliphatic heterocycles. The first-order valence-corrected chi connectivity index (χ1v) is 9.83. The van der Waals surface area contributed by atoms with Gasteiger partial charge in [0.1, 0.15) is 5.75 Å². The van der Waals surface area contributed by atoms with Crippen LogP contribution >= 0.6 is 0 Å². The summed E-state index contributed by atoms with van der Waals surface area (Å²) in [4.78, 5) is 11.1. The van der Waals surface area contributed by atoms with Gasteiger partial charge in [0.2, 0.25) is 6.10 Å². The summed E-state index contributed by atoms with van der Waals surface area (Å²) < 4.78 is 43.6. The third-order valence-electron chi connectivity index (χ3n) is 3.26. The van der Waals surface area contributed by atoms with Crippen LogP contribution in [-0.2, 0) is 4.79 Å². The highest BCUT2D eigenvalue weighted by Crippen LogP contribution is 2.37. The van der Waals surface area contributed by atoms with Gasteiger partial charge < -0.3 is 9.84 Å². The normalized spacial score (nSPS) is 18.6. The van der Waals surface area contributed by atoms with E-state index >= 15 is 0 Å². The molecule has 0 saturated carbocycles. The SMILES string of the molecule is C[Si](C)(C)c1ccc2c(c1)C=C(C(=O)O)C(C(F)(F)F)O2. The molecular weight excluding hydrogens is 301 g/mol. The van der Waals surface area contributed by atoms with Crippen molar-refractivity contribution in [3.8, 4) is 5.75 Å². The Morgan fingerprint density at radius 1 is 1.29 bits per heavy atom. The highest BCUT2D eigenvalue weighted by atomic mass is 28.3. The van der Waals surface area contributed by atoms with Crippen molar-refractivity contribution in [1.29, 1.82) is 0 Å². The van der Waals surface area contributed by atoms with Crippen LogP contribution in [-0.4, -0.2) is 31.4 Å². The molecule has 1 heterocycles. The number of hydrogen-bond donors (Lipinski definition) is 1. The van der Waals surface area contributed by atoms with E-state index < -0.39 is 31.9 Å². The van der Waals surface area contributed by atoms with E-state index in [0.29, 0.717) is 5.56 Å². The molecule has 0 aliphatic carbocycles. The lowest BCUT2D eigenvalue weighted by atomic mass is 10.0. The molecule has 1 N–H and O–H groups in total. The maximum absolute atomic E-state index is 12.9. The molecule has 0 amide bonds. The summed E-state index contributed by atoms with van der Waals surface area (Å²) in [7, 11) is -1.65. The molecule has 1 unspecified atom stereocenters. The van der Waals surface area contributed by atoms with Gasteiger partial charge in [-0.15, -0.1) is 0 Å². The number of rotatable bonds is 2. The van der Waals surface area contributed by atoms with Gasteiger partial charge in [0.15, 0.2) is 0 Å². The van der Waals surface area contributed by atoms with E-state index in [-0.39, 0.29) is 5.75 Å². The number of aliphatic carboxylic acids is 1. The minimum absolute atomic E-state index is 0.0596. The summed E-state index contributed by atoms with van der Waals surface area (Å²) in [5.41, 5.74) is -0.407. The fourth-order valence-electron chi connectivity index (χ4n) is 2.09. The van der Waals surface area contributed by atoms with Crippen molar-refractivity contribution < 1.29 is 27.8 Å².